The van der Waals surface area contributed by atoms with Gasteiger partial charge in [0.2, 0.25) is 5.91 Å². The zero-order valence-corrected chi connectivity index (χ0v) is 12.3. The van der Waals surface area contributed by atoms with Gasteiger partial charge in [-0.1, -0.05) is 50.6 Å². The lowest BCUT2D eigenvalue weighted by atomic mass is 10.0. The van der Waals surface area contributed by atoms with E-state index in [2.05, 4.69) is 13.8 Å². The van der Waals surface area contributed by atoms with E-state index in [0.29, 0.717) is 12.3 Å². The Morgan fingerprint density at radius 1 is 1.26 bits per heavy atom. The van der Waals surface area contributed by atoms with Crippen LogP contribution in [0.2, 0.25) is 0 Å². The average molecular weight is 262 g/mol. The number of benzene rings is 1. The highest BCUT2D eigenvalue weighted by Crippen LogP contribution is 2.15. The molecule has 1 aromatic rings. The number of rotatable bonds is 7. The number of carbonyl (C=O) groups excluding carboxylic acids is 1. The smallest absolute Gasteiger partial charge is 0.224 e. The first kappa shape index (κ1) is 15.7. The fourth-order valence-electron chi connectivity index (χ4n) is 2.05. The van der Waals surface area contributed by atoms with Crippen LogP contribution in [-0.2, 0) is 4.79 Å². The van der Waals surface area contributed by atoms with Gasteiger partial charge in [-0.25, -0.2) is 0 Å². The van der Waals surface area contributed by atoms with Gasteiger partial charge in [0.15, 0.2) is 0 Å². The maximum Gasteiger partial charge on any atom is 0.224 e. The SMILES string of the molecule is CCC(C)CN(CC)C(=O)CC(N)c1ccccc1. The summed E-state index contributed by atoms with van der Waals surface area (Å²) in [7, 11) is 0. The third-order valence-corrected chi connectivity index (χ3v) is 3.59. The molecule has 2 unspecified atom stereocenters. The van der Waals surface area contributed by atoms with Crippen molar-refractivity contribution >= 4 is 5.91 Å². The Hall–Kier alpha value is -1.35. The van der Waals surface area contributed by atoms with Crippen LogP contribution in [0, 0.1) is 5.92 Å². The zero-order valence-electron chi connectivity index (χ0n) is 12.3. The second-order valence-corrected chi connectivity index (χ2v) is 5.17. The molecule has 0 aliphatic carbocycles. The quantitative estimate of drug-likeness (QED) is 0.821. The van der Waals surface area contributed by atoms with E-state index in [0.717, 1.165) is 25.1 Å². The highest BCUT2D eigenvalue weighted by Gasteiger charge is 2.18. The Morgan fingerprint density at radius 2 is 1.89 bits per heavy atom. The summed E-state index contributed by atoms with van der Waals surface area (Å²) in [6.45, 7) is 7.93. The molecule has 106 valence electrons. The lowest BCUT2D eigenvalue weighted by Gasteiger charge is -2.25. The van der Waals surface area contributed by atoms with Crippen molar-refractivity contribution in [2.75, 3.05) is 13.1 Å². The van der Waals surface area contributed by atoms with Gasteiger partial charge >= 0.3 is 0 Å². The summed E-state index contributed by atoms with van der Waals surface area (Å²) < 4.78 is 0. The average Bonchev–Trinajstić information content (AvgIpc) is 2.45. The molecule has 0 saturated carbocycles. The van der Waals surface area contributed by atoms with Crippen LogP contribution in [0.25, 0.3) is 0 Å². The Labute approximate surface area is 116 Å². The van der Waals surface area contributed by atoms with Crippen LogP contribution in [0.1, 0.15) is 45.2 Å². The third kappa shape index (κ3) is 5.03. The summed E-state index contributed by atoms with van der Waals surface area (Å²) >= 11 is 0. The number of hydrogen-bond donors (Lipinski definition) is 1. The van der Waals surface area contributed by atoms with Crippen molar-refractivity contribution in [3.8, 4) is 0 Å². The van der Waals surface area contributed by atoms with Crippen LogP contribution in [-0.4, -0.2) is 23.9 Å². The lowest BCUT2D eigenvalue weighted by Crippen LogP contribution is -2.36. The van der Waals surface area contributed by atoms with E-state index in [9.17, 15) is 4.79 Å². The van der Waals surface area contributed by atoms with Crippen molar-refractivity contribution in [3.05, 3.63) is 35.9 Å². The fraction of sp³-hybridized carbons (Fsp3) is 0.562. The van der Waals surface area contributed by atoms with Crippen molar-refractivity contribution in [3.63, 3.8) is 0 Å². The standard InChI is InChI=1S/C16H26N2O/c1-4-13(3)12-18(5-2)16(19)11-15(17)14-9-7-6-8-10-14/h6-10,13,15H,4-5,11-12,17H2,1-3H3. The summed E-state index contributed by atoms with van der Waals surface area (Å²) in [5.41, 5.74) is 7.13. The normalized spacial score (nSPS) is 13.9. The number of nitrogens with zero attached hydrogens (tertiary/aromatic N) is 1. The topological polar surface area (TPSA) is 46.3 Å². The van der Waals surface area contributed by atoms with Gasteiger partial charge in [-0.15, -0.1) is 0 Å². The van der Waals surface area contributed by atoms with Crippen molar-refractivity contribution in [2.24, 2.45) is 11.7 Å². The maximum absolute atomic E-state index is 12.3. The Bertz CT molecular complexity index is 378. The molecule has 0 bridgehead atoms. The number of carbonyl (C=O) groups is 1. The van der Waals surface area contributed by atoms with E-state index in [1.807, 2.05) is 42.2 Å². The van der Waals surface area contributed by atoms with E-state index in [4.69, 9.17) is 5.73 Å². The van der Waals surface area contributed by atoms with Crippen LogP contribution in [0.3, 0.4) is 0 Å². The third-order valence-electron chi connectivity index (χ3n) is 3.59. The van der Waals surface area contributed by atoms with Crippen LogP contribution < -0.4 is 5.73 Å². The Morgan fingerprint density at radius 3 is 2.42 bits per heavy atom. The minimum absolute atomic E-state index is 0.152. The summed E-state index contributed by atoms with van der Waals surface area (Å²) in [5, 5.41) is 0. The number of hydrogen-bond acceptors (Lipinski definition) is 2. The first-order chi connectivity index (χ1) is 9.08. The molecule has 2 N–H and O–H groups in total. The van der Waals surface area contributed by atoms with Gasteiger partial charge < -0.3 is 10.6 Å². The summed E-state index contributed by atoms with van der Waals surface area (Å²) in [4.78, 5) is 14.2. The molecule has 1 amide bonds. The minimum atomic E-state index is -0.209. The van der Waals surface area contributed by atoms with Gasteiger partial charge in [-0.05, 0) is 18.4 Å². The van der Waals surface area contributed by atoms with Gasteiger partial charge in [-0.2, -0.15) is 0 Å². The largest absolute Gasteiger partial charge is 0.343 e. The number of amides is 1. The van der Waals surface area contributed by atoms with E-state index in [1.54, 1.807) is 0 Å². The molecule has 2 atom stereocenters. The molecule has 0 spiro atoms. The highest BCUT2D eigenvalue weighted by molar-refractivity contribution is 5.77. The molecule has 3 nitrogen and oxygen atoms in total. The Balaban J connectivity index is 2.57. The molecule has 3 heteroatoms. The molecule has 0 heterocycles. The molecular weight excluding hydrogens is 236 g/mol. The first-order valence-corrected chi connectivity index (χ1v) is 7.16. The Kier molecular flexibility index (Phi) is 6.57. The summed E-state index contributed by atoms with van der Waals surface area (Å²) in [6.07, 6.45) is 1.48. The van der Waals surface area contributed by atoms with E-state index < -0.39 is 0 Å². The molecule has 19 heavy (non-hydrogen) atoms. The molecule has 0 aliphatic rings. The summed E-state index contributed by atoms with van der Waals surface area (Å²) in [5.74, 6) is 0.691. The van der Waals surface area contributed by atoms with Crippen LogP contribution in [0.4, 0.5) is 0 Å². The van der Waals surface area contributed by atoms with E-state index >= 15 is 0 Å². The van der Waals surface area contributed by atoms with Gasteiger partial charge in [-0.3, -0.25) is 4.79 Å². The van der Waals surface area contributed by atoms with Gasteiger partial charge in [0, 0.05) is 25.6 Å². The molecule has 0 aromatic heterocycles. The van der Waals surface area contributed by atoms with Gasteiger partial charge in [0.05, 0.1) is 0 Å². The maximum atomic E-state index is 12.3. The predicted octanol–water partition coefficient (Wildman–Crippen LogP) is 2.97. The molecule has 0 fully saturated rings. The monoisotopic (exact) mass is 262 g/mol. The molecule has 1 rings (SSSR count). The molecular formula is C16H26N2O. The molecule has 1 aromatic carbocycles. The van der Waals surface area contributed by atoms with Crippen molar-refractivity contribution < 1.29 is 4.79 Å². The fourth-order valence-corrected chi connectivity index (χ4v) is 2.05. The molecule has 0 aliphatic heterocycles. The zero-order chi connectivity index (χ0) is 14.3. The minimum Gasteiger partial charge on any atom is -0.343 e. The second-order valence-electron chi connectivity index (χ2n) is 5.17. The highest BCUT2D eigenvalue weighted by atomic mass is 16.2. The van der Waals surface area contributed by atoms with E-state index in [1.165, 1.54) is 0 Å². The first-order valence-electron chi connectivity index (χ1n) is 7.16. The second kappa shape index (κ2) is 7.95. The van der Waals surface area contributed by atoms with Crippen LogP contribution in [0.15, 0.2) is 30.3 Å². The van der Waals surface area contributed by atoms with E-state index in [-0.39, 0.29) is 11.9 Å². The van der Waals surface area contributed by atoms with Gasteiger partial charge in [0.25, 0.3) is 0 Å². The van der Waals surface area contributed by atoms with Crippen LogP contribution >= 0.6 is 0 Å². The van der Waals surface area contributed by atoms with Crippen molar-refractivity contribution in [1.29, 1.82) is 0 Å². The molecule has 0 saturated heterocycles. The van der Waals surface area contributed by atoms with Crippen molar-refractivity contribution in [1.82, 2.24) is 4.90 Å². The number of nitrogens with two attached hydrogens (primary N) is 1. The van der Waals surface area contributed by atoms with Crippen LogP contribution in [0.5, 0.6) is 0 Å². The molecule has 0 radical (unpaired) electrons. The van der Waals surface area contributed by atoms with Gasteiger partial charge in [0.1, 0.15) is 0 Å². The lowest BCUT2D eigenvalue weighted by molar-refractivity contribution is -0.132. The van der Waals surface area contributed by atoms with Crippen molar-refractivity contribution in [2.45, 2.75) is 39.7 Å². The summed E-state index contributed by atoms with van der Waals surface area (Å²) in [6, 6.07) is 9.61. The predicted molar refractivity (Wildman–Crippen MR) is 79.7 cm³/mol.